The molecule has 1 aromatic rings. The van der Waals surface area contributed by atoms with Gasteiger partial charge in [0.2, 0.25) is 17.5 Å². The Hall–Kier alpha value is -1.97. The summed E-state index contributed by atoms with van der Waals surface area (Å²) in [6, 6.07) is 8.34. The zero-order chi connectivity index (χ0) is 12.8. The number of carbonyl (C=O) groups excluding carboxylic acids is 3. The van der Waals surface area contributed by atoms with Crippen molar-refractivity contribution in [3.8, 4) is 0 Å². The van der Waals surface area contributed by atoms with Crippen LogP contribution in [0.15, 0.2) is 30.3 Å². The molecule has 1 aromatic carbocycles. The van der Waals surface area contributed by atoms with Crippen LogP contribution in [0.5, 0.6) is 0 Å². The molecule has 90 valence electrons. The van der Waals surface area contributed by atoms with Crippen LogP contribution >= 0.6 is 0 Å². The molecule has 0 aromatic heterocycles. The molecule has 0 bridgehead atoms. The van der Waals surface area contributed by atoms with Crippen molar-refractivity contribution in [2.24, 2.45) is 0 Å². The molecule has 0 aliphatic carbocycles. The average molecular weight is 233 g/mol. The fraction of sp³-hybridized carbons (Fsp3) is 0.308. The quantitative estimate of drug-likeness (QED) is 0.569. The predicted molar refractivity (Wildman–Crippen MR) is 63.7 cm³/mol. The molecule has 4 heteroatoms. The minimum Gasteiger partial charge on any atom is -0.335 e. The summed E-state index contributed by atoms with van der Waals surface area (Å²) in [6.07, 6.45) is 0. The van der Waals surface area contributed by atoms with Crippen LogP contribution in [-0.2, 0) is 9.59 Å². The molecule has 0 saturated carbocycles. The number of ketones is 2. The van der Waals surface area contributed by atoms with E-state index in [1.807, 2.05) is 0 Å². The summed E-state index contributed by atoms with van der Waals surface area (Å²) in [4.78, 5) is 35.9. The van der Waals surface area contributed by atoms with E-state index in [0.717, 1.165) is 0 Å². The maximum atomic E-state index is 11.7. The summed E-state index contributed by atoms with van der Waals surface area (Å²) in [5, 5.41) is 0. The minimum absolute atomic E-state index is 0.153. The first-order valence-electron chi connectivity index (χ1n) is 5.44. The fourth-order valence-corrected chi connectivity index (χ4v) is 1.44. The zero-order valence-electron chi connectivity index (χ0n) is 9.97. The first kappa shape index (κ1) is 13.1. The van der Waals surface area contributed by atoms with Gasteiger partial charge in [-0.15, -0.1) is 0 Å². The highest BCUT2D eigenvalue weighted by molar-refractivity contribution is 6.44. The molecule has 0 radical (unpaired) electrons. The van der Waals surface area contributed by atoms with Crippen LogP contribution in [0.25, 0.3) is 0 Å². The second-order valence-electron chi connectivity index (χ2n) is 3.65. The normalized spacial score (nSPS) is 9.76. The van der Waals surface area contributed by atoms with Crippen molar-refractivity contribution in [2.45, 2.75) is 13.8 Å². The van der Waals surface area contributed by atoms with Gasteiger partial charge in [-0.3, -0.25) is 14.4 Å². The number of hydrogen-bond acceptors (Lipinski definition) is 3. The Labute approximate surface area is 100 Å². The molecule has 0 unspecified atom stereocenters. The van der Waals surface area contributed by atoms with Gasteiger partial charge in [-0.1, -0.05) is 30.3 Å². The van der Waals surface area contributed by atoms with Gasteiger partial charge in [0.05, 0.1) is 6.54 Å². The number of Topliss-reactive ketones (excluding diaryl/α,β-unsaturated/α-hetero) is 2. The van der Waals surface area contributed by atoms with Gasteiger partial charge in [0, 0.05) is 19.0 Å². The van der Waals surface area contributed by atoms with Crippen molar-refractivity contribution in [3.05, 3.63) is 35.9 Å². The van der Waals surface area contributed by atoms with Gasteiger partial charge in [0.15, 0.2) is 0 Å². The first-order chi connectivity index (χ1) is 8.06. The SMILES string of the molecule is CCN(CC(=O)C(=O)c1ccccc1)C(C)=O. The number of rotatable bonds is 5. The molecule has 17 heavy (non-hydrogen) atoms. The standard InChI is InChI=1S/C13H15NO3/c1-3-14(10(2)15)9-12(16)13(17)11-7-5-4-6-8-11/h4-8H,3,9H2,1-2H3. The largest absolute Gasteiger partial charge is 0.335 e. The molecule has 1 amide bonds. The van der Waals surface area contributed by atoms with E-state index in [9.17, 15) is 14.4 Å². The monoisotopic (exact) mass is 233 g/mol. The van der Waals surface area contributed by atoms with Gasteiger partial charge in [-0.25, -0.2) is 0 Å². The lowest BCUT2D eigenvalue weighted by atomic mass is 10.1. The van der Waals surface area contributed by atoms with Crippen LogP contribution in [0, 0.1) is 0 Å². The summed E-state index contributed by atoms with van der Waals surface area (Å²) in [5.41, 5.74) is 0.358. The predicted octanol–water partition coefficient (Wildman–Crippen LogP) is 1.31. The third-order valence-corrected chi connectivity index (χ3v) is 2.45. The van der Waals surface area contributed by atoms with Crippen LogP contribution in [0.3, 0.4) is 0 Å². The molecule has 1 rings (SSSR count). The van der Waals surface area contributed by atoms with Crippen molar-refractivity contribution in [1.29, 1.82) is 0 Å². The zero-order valence-corrected chi connectivity index (χ0v) is 9.97. The maximum absolute atomic E-state index is 11.7. The maximum Gasteiger partial charge on any atom is 0.230 e. The molecule has 0 aliphatic heterocycles. The second-order valence-corrected chi connectivity index (χ2v) is 3.65. The fourth-order valence-electron chi connectivity index (χ4n) is 1.44. The van der Waals surface area contributed by atoms with Crippen molar-refractivity contribution in [2.75, 3.05) is 13.1 Å². The van der Waals surface area contributed by atoms with E-state index in [2.05, 4.69) is 0 Å². The lowest BCUT2D eigenvalue weighted by molar-refractivity contribution is -0.132. The lowest BCUT2D eigenvalue weighted by Crippen LogP contribution is -2.36. The van der Waals surface area contributed by atoms with Crippen molar-refractivity contribution in [1.82, 2.24) is 4.90 Å². The number of amides is 1. The summed E-state index contributed by atoms with van der Waals surface area (Å²) < 4.78 is 0. The summed E-state index contributed by atoms with van der Waals surface area (Å²) >= 11 is 0. The summed E-state index contributed by atoms with van der Waals surface area (Å²) in [5.74, 6) is -1.32. The number of hydrogen-bond donors (Lipinski definition) is 0. The molecule has 0 atom stereocenters. The van der Waals surface area contributed by atoms with Gasteiger partial charge in [0.25, 0.3) is 0 Å². The molecule has 0 fully saturated rings. The summed E-state index contributed by atoms with van der Waals surface area (Å²) in [7, 11) is 0. The highest BCUT2D eigenvalue weighted by Gasteiger charge is 2.19. The Morgan fingerprint density at radius 1 is 1.12 bits per heavy atom. The van der Waals surface area contributed by atoms with E-state index in [1.54, 1.807) is 37.3 Å². The minimum atomic E-state index is -0.562. The number of nitrogens with zero attached hydrogens (tertiary/aromatic N) is 1. The molecule has 0 heterocycles. The van der Waals surface area contributed by atoms with Crippen LogP contribution in [0.2, 0.25) is 0 Å². The van der Waals surface area contributed by atoms with Crippen molar-refractivity contribution in [3.63, 3.8) is 0 Å². The Bertz CT molecular complexity index is 426. The second kappa shape index (κ2) is 5.94. The Morgan fingerprint density at radius 2 is 1.71 bits per heavy atom. The topological polar surface area (TPSA) is 54.5 Å². The van der Waals surface area contributed by atoms with Crippen LogP contribution in [0.4, 0.5) is 0 Å². The molecular formula is C13H15NO3. The van der Waals surface area contributed by atoms with E-state index in [0.29, 0.717) is 12.1 Å². The van der Waals surface area contributed by atoms with Crippen molar-refractivity contribution < 1.29 is 14.4 Å². The number of carbonyl (C=O) groups is 3. The van der Waals surface area contributed by atoms with Crippen LogP contribution in [-0.4, -0.2) is 35.5 Å². The van der Waals surface area contributed by atoms with E-state index in [1.165, 1.54) is 11.8 Å². The third kappa shape index (κ3) is 3.52. The van der Waals surface area contributed by atoms with E-state index in [-0.39, 0.29) is 12.5 Å². The highest BCUT2D eigenvalue weighted by atomic mass is 16.2. The van der Waals surface area contributed by atoms with Crippen molar-refractivity contribution >= 4 is 17.5 Å². The van der Waals surface area contributed by atoms with E-state index in [4.69, 9.17) is 0 Å². The molecule has 0 aliphatic rings. The summed E-state index contributed by atoms with van der Waals surface area (Å²) in [6.45, 7) is 3.41. The molecule has 0 N–H and O–H groups in total. The molecule has 4 nitrogen and oxygen atoms in total. The van der Waals surface area contributed by atoms with Gasteiger partial charge in [-0.05, 0) is 6.92 Å². The van der Waals surface area contributed by atoms with Crippen LogP contribution < -0.4 is 0 Å². The highest BCUT2D eigenvalue weighted by Crippen LogP contribution is 2.02. The van der Waals surface area contributed by atoms with Gasteiger partial charge in [0.1, 0.15) is 0 Å². The first-order valence-corrected chi connectivity index (χ1v) is 5.44. The van der Waals surface area contributed by atoms with Crippen LogP contribution in [0.1, 0.15) is 24.2 Å². The smallest absolute Gasteiger partial charge is 0.230 e. The van der Waals surface area contributed by atoms with Gasteiger partial charge in [-0.2, -0.15) is 0 Å². The third-order valence-electron chi connectivity index (χ3n) is 2.45. The number of likely N-dealkylation sites (N-methyl/N-ethyl adjacent to an activating group) is 1. The van der Waals surface area contributed by atoms with Gasteiger partial charge < -0.3 is 4.90 Å². The molecule has 0 spiro atoms. The lowest BCUT2D eigenvalue weighted by Gasteiger charge is -2.17. The van der Waals surface area contributed by atoms with E-state index >= 15 is 0 Å². The van der Waals surface area contributed by atoms with E-state index < -0.39 is 11.6 Å². The molecular weight excluding hydrogens is 218 g/mol. The Morgan fingerprint density at radius 3 is 2.18 bits per heavy atom. The Balaban J connectivity index is 2.71. The van der Waals surface area contributed by atoms with Gasteiger partial charge >= 0.3 is 0 Å². The molecule has 0 saturated heterocycles. The number of benzene rings is 1. The Kier molecular flexibility index (Phi) is 4.57. The average Bonchev–Trinajstić information content (AvgIpc) is 2.35.